The van der Waals surface area contributed by atoms with Crippen molar-refractivity contribution < 1.29 is 19.1 Å². The van der Waals surface area contributed by atoms with E-state index in [2.05, 4.69) is 5.32 Å². The number of carbonyl (C=O) groups excluding carboxylic acids is 2. The second-order valence-corrected chi connectivity index (χ2v) is 7.02. The van der Waals surface area contributed by atoms with Gasteiger partial charge in [-0.05, 0) is 56.5 Å². The lowest BCUT2D eigenvalue weighted by Gasteiger charge is -2.28. The van der Waals surface area contributed by atoms with Crippen LogP contribution in [0.2, 0.25) is 0 Å². The molecule has 0 spiro atoms. The molecule has 0 unspecified atom stereocenters. The molecule has 1 N–H and O–H groups in total. The highest BCUT2D eigenvalue weighted by Gasteiger charge is 2.25. The molecule has 0 aliphatic carbocycles. The van der Waals surface area contributed by atoms with Gasteiger partial charge in [0.1, 0.15) is 17.5 Å². The Balaban J connectivity index is 1.89. The number of amides is 2. The fraction of sp³-hybridized carbons (Fsp3) is 0.417. The average Bonchev–Trinajstić information content (AvgIpc) is 2.78. The number of methoxy groups -OCH3 is 1. The zero-order valence-electron chi connectivity index (χ0n) is 18.1. The van der Waals surface area contributed by atoms with Gasteiger partial charge in [0.05, 0.1) is 13.7 Å². The van der Waals surface area contributed by atoms with Crippen molar-refractivity contribution in [2.24, 2.45) is 0 Å². The van der Waals surface area contributed by atoms with E-state index in [-0.39, 0.29) is 11.8 Å². The predicted molar refractivity (Wildman–Crippen MR) is 118 cm³/mol. The molecule has 0 fully saturated rings. The maximum atomic E-state index is 12.9. The molecule has 2 rings (SSSR count). The molecule has 1 atom stereocenters. The highest BCUT2D eigenvalue weighted by Crippen LogP contribution is 2.17. The van der Waals surface area contributed by atoms with Gasteiger partial charge >= 0.3 is 0 Å². The highest BCUT2D eigenvalue weighted by molar-refractivity contribution is 5.87. The van der Waals surface area contributed by atoms with Gasteiger partial charge in [0.15, 0.2) is 0 Å². The van der Waals surface area contributed by atoms with Gasteiger partial charge in [-0.1, -0.05) is 30.3 Å². The molecule has 0 aromatic heterocycles. The van der Waals surface area contributed by atoms with Crippen LogP contribution in [0.5, 0.6) is 11.5 Å². The van der Waals surface area contributed by atoms with E-state index in [4.69, 9.17) is 9.47 Å². The summed E-state index contributed by atoms with van der Waals surface area (Å²) in [5, 5.41) is 2.81. The second kappa shape index (κ2) is 12.5. The van der Waals surface area contributed by atoms with Crippen molar-refractivity contribution >= 4 is 11.8 Å². The third kappa shape index (κ3) is 7.43. The lowest BCUT2D eigenvalue weighted by atomic mass is 10.1. The van der Waals surface area contributed by atoms with E-state index >= 15 is 0 Å². The van der Waals surface area contributed by atoms with Crippen LogP contribution in [-0.4, -0.2) is 49.6 Å². The van der Waals surface area contributed by atoms with E-state index in [1.165, 1.54) is 0 Å². The van der Waals surface area contributed by atoms with E-state index in [1.54, 1.807) is 18.9 Å². The number of benzene rings is 2. The van der Waals surface area contributed by atoms with Crippen LogP contribution in [0.1, 0.15) is 32.3 Å². The fourth-order valence-electron chi connectivity index (χ4n) is 3.12. The Labute approximate surface area is 179 Å². The van der Waals surface area contributed by atoms with E-state index in [0.717, 1.165) is 17.1 Å². The molecule has 0 bridgehead atoms. The smallest absolute Gasteiger partial charge is 0.242 e. The van der Waals surface area contributed by atoms with Gasteiger partial charge in [-0.15, -0.1) is 0 Å². The van der Waals surface area contributed by atoms with E-state index in [1.807, 2.05) is 61.5 Å². The summed E-state index contributed by atoms with van der Waals surface area (Å²) in [5.74, 6) is 1.34. The Kier molecular flexibility index (Phi) is 9.71. The molecular weight excluding hydrogens is 380 g/mol. The molecule has 162 valence electrons. The minimum atomic E-state index is -0.510. The average molecular weight is 413 g/mol. The first-order valence-corrected chi connectivity index (χ1v) is 10.4. The Bertz CT molecular complexity index is 778. The normalized spacial score (nSPS) is 11.4. The number of rotatable bonds is 12. The second-order valence-electron chi connectivity index (χ2n) is 7.02. The molecule has 0 heterocycles. The number of ether oxygens (including phenoxy) is 2. The number of likely N-dealkylation sites (N-methyl/N-ethyl adjacent to an activating group) is 1. The molecule has 6 nitrogen and oxygen atoms in total. The summed E-state index contributed by atoms with van der Waals surface area (Å²) >= 11 is 0. The summed E-state index contributed by atoms with van der Waals surface area (Å²) in [4.78, 5) is 26.9. The van der Waals surface area contributed by atoms with Crippen molar-refractivity contribution in [2.45, 2.75) is 39.2 Å². The summed E-state index contributed by atoms with van der Waals surface area (Å²) in [6.45, 7) is 5.12. The molecule has 2 amide bonds. The summed E-state index contributed by atoms with van der Waals surface area (Å²) in [7, 11) is 1.62. The summed E-state index contributed by atoms with van der Waals surface area (Å²) in [6.07, 6.45) is 1.61. The van der Waals surface area contributed by atoms with Crippen LogP contribution in [0.25, 0.3) is 0 Å². The van der Waals surface area contributed by atoms with Crippen LogP contribution in [0, 0.1) is 0 Å². The highest BCUT2D eigenvalue weighted by atomic mass is 16.5. The van der Waals surface area contributed by atoms with Crippen molar-refractivity contribution in [3.05, 3.63) is 60.2 Å². The minimum Gasteiger partial charge on any atom is -0.497 e. The van der Waals surface area contributed by atoms with E-state index in [9.17, 15) is 9.59 Å². The van der Waals surface area contributed by atoms with Crippen LogP contribution in [0.3, 0.4) is 0 Å². The van der Waals surface area contributed by atoms with Crippen LogP contribution < -0.4 is 14.8 Å². The molecule has 0 radical (unpaired) electrons. The van der Waals surface area contributed by atoms with Crippen molar-refractivity contribution in [3.63, 3.8) is 0 Å². The quantitative estimate of drug-likeness (QED) is 0.542. The first-order valence-electron chi connectivity index (χ1n) is 10.4. The largest absolute Gasteiger partial charge is 0.497 e. The third-order valence-corrected chi connectivity index (χ3v) is 4.87. The topological polar surface area (TPSA) is 67.9 Å². The van der Waals surface area contributed by atoms with Crippen molar-refractivity contribution in [1.82, 2.24) is 10.2 Å². The minimum absolute atomic E-state index is 0.0389. The molecule has 6 heteroatoms. The number of hydrogen-bond acceptors (Lipinski definition) is 4. The molecule has 0 saturated carbocycles. The van der Waals surface area contributed by atoms with Crippen LogP contribution in [0.4, 0.5) is 0 Å². The SMILES string of the molecule is CCNC(=O)[C@@H](C)N(CCc1ccccc1)C(=O)CCCOc1ccc(OC)cc1. The Morgan fingerprint density at radius 2 is 1.70 bits per heavy atom. The molecule has 0 saturated heterocycles. The molecule has 2 aromatic rings. The van der Waals surface area contributed by atoms with Gasteiger partial charge in [0.2, 0.25) is 11.8 Å². The summed E-state index contributed by atoms with van der Waals surface area (Å²) in [6, 6.07) is 16.8. The van der Waals surface area contributed by atoms with Crippen LogP contribution in [-0.2, 0) is 16.0 Å². The van der Waals surface area contributed by atoms with Crippen LogP contribution >= 0.6 is 0 Å². The van der Waals surface area contributed by atoms with Gasteiger partial charge in [-0.25, -0.2) is 0 Å². The third-order valence-electron chi connectivity index (χ3n) is 4.87. The van der Waals surface area contributed by atoms with Gasteiger partial charge in [0.25, 0.3) is 0 Å². The number of hydrogen-bond donors (Lipinski definition) is 1. The zero-order chi connectivity index (χ0) is 21.8. The summed E-state index contributed by atoms with van der Waals surface area (Å²) in [5.41, 5.74) is 1.14. The van der Waals surface area contributed by atoms with Crippen LogP contribution in [0.15, 0.2) is 54.6 Å². The molecule has 0 aliphatic heterocycles. The van der Waals surface area contributed by atoms with Gasteiger partial charge in [-0.3, -0.25) is 9.59 Å². The fourth-order valence-corrected chi connectivity index (χ4v) is 3.12. The number of nitrogens with one attached hydrogen (secondary N) is 1. The number of nitrogens with zero attached hydrogens (tertiary/aromatic N) is 1. The maximum absolute atomic E-state index is 12.9. The van der Waals surface area contributed by atoms with Crippen molar-refractivity contribution in [1.29, 1.82) is 0 Å². The first kappa shape index (κ1) is 23.3. The van der Waals surface area contributed by atoms with E-state index < -0.39 is 6.04 Å². The molecule has 2 aromatic carbocycles. The Morgan fingerprint density at radius 3 is 2.33 bits per heavy atom. The first-order chi connectivity index (χ1) is 14.5. The van der Waals surface area contributed by atoms with Crippen molar-refractivity contribution in [3.8, 4) is 11.5 Å². The molecular formula is C24H32N2O4. The Morgan fingerprint density at radius 1 is 1.03 bits per heavy atom. The van der Waals surface area contributed by atoms with Gasteiger partial charge in [-0.2, -0.15) is 0 Å². The molecule has 0 aliphatic rings. The lowest BCUT2D eigenvalue weighted by molar-refractivity contribution is -0.140. The zero-order valence-corrected chi connectivity index (χ0v) is 18.1. The molecule has 30 heavy (non-hydrogen) atoms. The number of carbonyl (C=O) groups is 2. The van der Waals surface area contributed by atoms with Crippen molar-refractivity contribution in [2.75, 3.05) is 26.8 Å². The van der Waals surface area contributed by atoms with Gasteiger partial charge < -0.3 is 19.7 Å². The maximum Gasteiger partial charge on any atom is 0.242 e. The summed E-state index contributed by atoms with van der Waals surface area (Å²) < 4.78 is 10.8. The van der Waals surface area contributed by atoms with E-state index in [0.29, 0.717) is 39.0 Å². The predicted octanol–water partition coefficient (Wildman–Crippen LogP) is 3.45. The lowest BCUT2D eigenvalue weighted by Crippen LogP contribution is -2.48. The standard InChI is InChI=1S/C24H32N2O4/c1-4-25-24(28)19(2)26(17-16-20-9-6-5-7-10-20)23(27)11-8-18-30-22-14-12-21(29-3)13-15-22/h5-7,9-10,12-15,19H,4,8,11,16-18H2,1-3H3,(H,25,28)/t19-/m1/s1. The Hall–Kier alpha value is -3.02. The monoisotopic (exact) mass is 412 g/mol. The van der Waals surface area contributed by atoms with Gasteiger partial charge in [0, 0.05) is 19.5 Å².